The highest BCUT2D eigenvalue weighted by Gasteiger charge is 2.47. The maximum absolute atomic E-state index is 13.5. The van der Waals surface area contributed by atoms with Gasteiger partial charge in [0.15, 0.2) is 0 Å². The number of hydrogen-bond acceptors (Lipinski definition) is 4. The van der Waals surface area contributed by atoms with Crippen molar-refractivity contribution in [3.63, 3.8) is 0 Å². The Kier molecular flexibility index (Phi) is 5.97. The molecule has 1 saturated heterocycles. The lowest BCUT2D eigenvalue weighted by molar-refractivity contribution is -0.125. The van der Waals surface area contributed by atoms with Gasteiger partial charge in [-0.05, 0) is 61.1 Å². The maximum Gasteiger partial charge on any atom is 0.254 e. The van der Waals surface area contributed by atoms with Crippen LogP contribution >= 0.6 is 0 Å². The molecule has 6 rings (SSSR count). The molecule has 2 amide bonds. The Morgan fingerprint density at radius 1 is 0.917 bits per heavy atom. The minimum atomic E-state index is -0.435. The molecule has 7 heteroatoms. The van der Waals surface area contributed by atoms with Crippen molar-refractivity contribution in [3.8, 4) is 5.82 Å². The zero-order valence-corrected chi connectivity index (χ0v) is 20.1. The summed E-state index contributed by atoms with van der Waals surface area (Å²) in [6.07, 6.45) is 8.63. The van der Waals surface area contributed by atoms with Gasteiger partial charge in [-0.1, -0.05) is 49.2 Å². The van der Waals surface area contributed by atoms with Crippen LogP contribution in [0, 0.1) is 5.92 Å². The molecule has 4 aromatic rings. The number of fused-ring (bicyclic) bond motifs is 2. The highest BCUT2D eigenvalue weighted by molar-refractivity contribution is 5.98. The predicted octanol–water partition coefficient (Wildman–Crippen LogP) is 4.51. The van der Waals surface area contributed by atoms with Crippen molar-refractivity contribution in [2.75, 3.05) is 0 Å². The van der Waals surface area contributed by atoms with Crippen molar-refractivity contribution < 1.29 is 9.59 Å². The summed E-state index contributed by atoms with van der Waals surface area (Å²) in [5.74, 6) is 1.05. The number of hydrogen-bond donors (Lipinski definition) is 1. The van der Waals surface area contributed by atoms with E-state index < -0.39 is 6.04 Å². The molecule has 2 aromatic heterocycles. The van der Waals surface area contributed by atoms with E-state index in [1.54, 1.807) is 12.5 Å². The molecule has 7 nitrogen and oxygen atoms in total. The SMILES string of the molecule is O=C(NCc1ccc(-n2cnc3ccccc32)nc1)C1CC2CCCCC2N1C(=O)c1ccccc1. The van der Waals surface area contributed by atoms with Gasteiger partial charge in [-0.15, -0.1) is 0 Å². The third-order valence-corrected chi connectivity index (χ3v) is 7.62. The van der Waals surface area contributed by atoms with Crippen LogP contribution in [-0.2, 0) is 11.3 Å². The number of carbonyl (C=O) groups excluding carboxylic acids is 2. The summed E-state index contributed by atoms with van der Waals surface area (Å²) in [6.45, 7) is 0.371. The fourth-order valence-corrected chi connectivity index (χ4v) is 5.83. The zero-order valence-electron chi connectivity index (χ0n) is 20.1. The standard InChI is InChI=1S/C29H29N5O2/c35-28(26-16-22-10-4-6-12-24(22)34(26)29(36)21-8-2-1-3-9-21)31-18-20-14-15-27(30-17-20)33-19-32-23-11-5-7-13-25(23)33/h1-3,5,7-9,11,13-15,17,19,22,24,26H,4,6,10,12,16,18H2,(H,31,35). The van der Waals surface area contributed by atoms with Crippen molar-refractivity contribution in [1.29, 1.82) is 0 Å². The van der Waals surface area contributed by atoms with Crippen molar-refractivity contribution in [3.05, 3.63) is 90.4 Å². The van der Waals surface area contributed by atoms with E-state index in [4.69, 9.17) is 0 Å². The monoisotopic (exact) mass is 479 g/mol. The fourth-order valence-electron chi connectivity index (χ4n) is 5.83. The molecule has 1 aliphatic heterocycles. The third kappa shape index (κ3) is 4.15. The van der Waals surface area contributed by atoms with Gasteiger partial charge in [0.25, 0.3) is 5.91 Å². The maximum atomic E-state index is 13.5. The van der Waals surface area contributed by atoms with E-state index in [0.29, 0.717) is 18.0 Å². The van der Waals surface area contributed by atoms with Gasteiger partial charge < -0.3 is 10.2 Å². The summed E-state index contributed by atoms with van der Waals surface area (Å²) in [7, 11) is 0. The average Bonchev–Trinajstić information content (AvgIpc) is 3.54. The van der Waals surface area contributed by atoms with Crippen LogP contribution in [0.3, 0.4) is 0 Å². The summed E-state index contributed by atoms with van der Waals surface area (Å²) < 4.78 is 1.95. The number of amides is 2. The van der Waals surface area contributed by atoms with E-state index in [-0.39, 0.29) is 17.9 Å². The number of rotatable bonds is 5. The first-order valence-corrected chi connectivity index (χ1v) is 12.7. The minimum Gasteiger partial charge on any atom is -0.350 e. The number of nitrogens with zero attached hydrogens (tertiary/aromatic N) is 4. The largest absolute Gasteiger partial charge is 0.350 e. The Morgan fingerprint density at radius 2 is 1.72 bits per heavy atom. The van der Waals surface area contributed by atoms with Crippen molar-refractivity contribution in [2.45, 2.75) is 50.7 Å². The molecular weight excluding hydrogens is 450 g/mol. The van der Waals surface area contributed by atoms with Crippen LogP contribution in [0.2, 0.25) is 0 Å². The molecule has 3 atom stereocenters. The molecule has 2 aliphatic rings. The van der Waals surface area contributed by atoms with Gasteiger partial charge in [0.05, 0.1) is 11.0 Å². The molecular formula is C29H29N5O2. The molecule has 3 heterocycles. The van der Waals surface area contributed by atoms with Crippen LogP contribution in [0.15, 0.2) is 79.3 Å². The summed E-state index contributed by atoms with van der Waals surface area (Å²) in [6, 6.07) is 20.9. The van der Waals surface area contributed by atoms with Crippen LogP contribution < -0.4 is 5.32 Å². The van der Waals surface area contributed by atoms with Crippen molar-refractivity contribution in [2.24, 2.45) is 5.92 Å². The van der Waals surface area contributed by atoms with E-state index in [9.17, 15) is 9.59 Å². The van der Waals surface area contributed by atoms with E-state index in [1.807, 2.05) is 76.2 Å². The number of pyridine rings is 1. The first-order valence-electron chi connectivity index (χ1n) is 12.7. The van der Waals surface area contributed by atoms with E-state index in [0.717, 1.165) is 48.1 Å². The minimum absolute atomic E-state index is 0.0382. The lowest BCUT2D eigenvalue weighted by Crippen LogP contribution is -2.49. The van der Waals surface area contributed by atoms with E-state index >= 15 is 0 Å². The number of carbonyl (C=O) groups is 2. The second-order valence-corrected chi connectivity index (χ2v) is 9.79. The van der Waals surface area contributed by atoms with Crippen molar-refractivity contribution in [1.82, 2.24) is 24.8 Å². The molecule has 1 N–H and O–H groups in total. The van der Waals surface area contributed by atoms with Gasteiger partial charge in [-0.3, -0.25) is 14.2 Å². The number of aromatic nitrogens is 3. The van der Waals surface area contributed by atoms with Gasteiger partial charge in [0.2, 0.25) is 5.91 Å². The van der Waals surface area contributed by atoms with Crippen LogP contribution in [0.25, 0.3) is 16.9 Å². The molecule has 2 fully saturated rings. The zero-order chi connectivity index (χ0) is 24.5. The first kappa shape index (κ1) is 22.5. The molecule has 0 radical (unpaired) electrons. The number of benzene rings is 2. The van der Waals surface area contributed by atoms with Gasteiger partial charge in [-0.2, -0.15) is 0 Å². The fraction of sp³-hybridized carbons (Fsp3) is 0.310. The first-order chi connectivity index (χ1) is 17.7. The molecule has 0 spiro atoms. The van der Waals surface area contributed by atoms with Crippen LogP contribution in [0.1, 0.15) is 48.0 Å². The third-order valence-electron chi connectivity index (χ3n) is 7.62. The Morgan fingerprint density at radius 3 is 2.56 bits per heavy atom. The Hall–Kier alpha value is -4.00. The highest BCUT2D eigenvalue weighted by atomic mass is 16.2. The van der Waals surface area contributed by atoms with Crippen LogP contribution in [-0.4, -0.2) is 43.3 Å². The number of para-hydroxylation sites is 2. The Labute approximate surface area is 210 Å². The van der Waals surface area contributed by atoms with Gasteiger partial charge >= 0.3 is 0 Å². The van der Waals surface area contributed by atoms with Crippen molar-refractivity contribution >= 4 is 22.8 Å². The van der Waals surface area contributed by atoms with Gasteiger partial charge in [0, 0.05) is 24.3 Å². The summed E-state index contributed by atoms with van der Waals surface area (Å²) in [5, 5.41) is 3.08. The van der Waals surface area contributed by atoms with Gasteiger partial charge in [-0.25, -0.2) is 9.97 Å². The van der Waals surface area contributed by atoms with E-state index in [2.05, 4.69) is 15.3 Å². The lowest BCUT2D eigenvalue weighted by Gasteiger charge is -2.33. The number of imidazole rings is 1. The normalized spacial score (nSPS) is 21.3. The second-order valence-electron chi connectivity index (χ2n) is 9.79. The molecule has 1 aliphatic carbocycles. The molecule has 0 bridgehead atoms. The average molecular weight is 480 g/mol. The summed E-state index contributed by atoms with van der Waals surface area (Å²) in [4.78, 5) is 37.7. The molecule has 3 unspecified atom stereocenters. The lowest BCUT2D eigenvalue weighted by atomic mass is 9.84. The quantitative estimate of drug-likeness (QED) is 0.457. The molecule has 2 aromatic carbocycles. The van der Waals surface area contributed by atoms with Crippen LogP contribution in [0.5, 0.6) is 0 Å². The van der Waals surface area contributed by atoms with E-state index in [1.165, 1.54) is 6.42 Å². The molecule has 36 heavy (non-hydrogen) atoms. The second kappa shape index (κ2) is 9.57. The van der Waals surface area contributed by atoms with Gasteiger partial charge in [0.1, 0.15) is 18.2 Å². The van der Waals surface area contributed by atoms with Crippen LogP contribution in [0.4, 0.5) is 0 Å². The molecule has 1 saturated carbocycles. The smallest absolute Gasteiger partial charge is 0.254 e. The summed E-state index contributed by atoms with van der Waals surface area (Å²) >= 11 is 0. The predicted molar refractivity (Wildman–Crippen MR) is 137 cm³/mol. The Balaban J connectivity index is 1.16. The summed E-state index contributed by atoms with van der Waals surface area (Å²) in [5.41, 5.74) is 3.47. The molecule has 182 valence electrons. The number of nitrogens with one attached hydrogen (secondary N) is 1. The number of likely N-dealkylation sites (tertiary alicyclic amines) is 1. The topological polar surface area (TPSA) is 80.1 Å². The Bertz CT molecular complexity index is 1380. The highest BCUT2D eigenvalue weighted by Crippen LogP contribution is 2.40.